The average molecular weight is 287 g/mol. The van der Waals surface area contributed by atoms with Crippen LogP contribution >= 0.6 is 11.6 Å². The third-order valence-corrected chi connectivity index (χ3v) is 3.33. The molecular weight excluding hydrogens is 276 g/mol. The standard InChI is InChI=1S/C15H11ClN2O2/c16-11-6-7-12-13(8-11)18(9-14(19)17-12)15(20)10-4-2-1-3-5-10/h1-8H,9H2,(H,17,19). The zero-order valence-corrected chi connectivity index (χ0v) is 11.2. The molecule has 0 aliphatic carbocycles. The molecule has 0 radical (unpaired) electrons. The van der Waals surface area contributed by atoms with Crippen LogP contribution in [0.4, 0.5) is 11.4 Å². The minimum atomic E-state index is -0.219. The Morgan fingerprint density at radius 1 is 1.15 bits per heavy atom. The lowest BCUT2D eigenvalue weighted by atomic mass is 10.1. The first kappa shape index (κ1) is 12.7. The van der Waals surface area contributed by atoms with Gasteiger partial charge in [-0.2, -0.15) is 0 Å². The molecule has 2 aromatic rings. The molecular formula is C15H11ClN2O2. The number of hydrogen-bond acceptors (Lipinski definition) is 2. The lowest BCUT2D eigenvalue weighted by molar-refractivity contribution is -0.115. The summed E-state index contributed by atoms with van der Waals surface area (Å²) in [5.74, 6) is -0.437. The molecule has 0 fully saturated rings. The first-order valence-corrected chi connectivity index (χ1v) is 6.49. The molecule has 20 heavy (non-hydrogen) atoms. The second-order valence-corrected chi connectivity index (χ2v) is 4.90. The number of anilines is 2. The zero-order chi connectivity index (χ0) is 14.1. The molecule has 1 heterocycles. The molecule has 4 nitrogen and oxygen atoms in total. The van der Waals surface area contributed by atoms with Crippen LogP contribution in [0, 0.1) is 0 Å². The van der Waals surface area contributed by atoms with E-state index in [-0.39, 0.29) is 18.4 Å². The number of amides is 2. The van der Waals surface area contributed by atoms with E-state index in [1.807, 2.05) is 6.07 Å². The van der Waals surface area contributed by atoms with Gasteiger partial charge in [0.15, 0.2) is 0 Å². The Morgan fingerprint density at radius 2 is 1.90 bits per heavy atom. The highest BCUT2D eigenvalue weighted by atomic mass is 35.5. The Morgan fingerprint density at radius 3 is 2.65 bits per heavy atom. The molecule has 1 N–H and O–H groups in total. The van der Waals surface area contributed by atoms with E-state index in [0.29, 0.717) is 22.0 Å². The Balaban J connectivity index is 2.04. The van der Waals surface area contributed by atoms with Crippen LogP contribution in [0.1, 0.15) is 10.4 Å². The lowest BCUT2D eigenvalue weighted by Crippen LogP contribution is -2.42. The van der Waals surface area contributed by atoms with E-state index in [9.17, 15) is 9.59 Å². The molecule has 2 amide bonds. The van der Waals surface area contributed by atoms with Crippen LogP contribution < -0.4 is 10.2 Å². The quantitative estimate of drug-likeness (QED) is 0.876. The summed E-state index contributed by atoms with van der Waals surface area (Å²) in [5.41, 5.74) is 1.74. The third-order valence-electron chi connectivity index (χ3n) is 3.09. The molecule has 5 heteroatoms. The number of benzene rings is 2. The molecule has 0 spiro atoms. The van der Waals surface area contributed by atoms with Gasteiger partial charge in [0.05, 0.1) is 11.4 Å². The van der Waals surface area contributed by atoms with E-state index in [0.717, 1.165) is 0 Å². The monoisotopic (exact) mass is 286 g/mol. The molecule has 1 aliphatic heterocycles. The maximum atomic E-state index is 12.5. The van der Waals surface area contributed by atoms with E-state index < -0.39 is 0 Å². The van der Waals surface area contributed by atoms with Crippen molar-refractivity contribution in [1.82, 2.24) is 0 Å². The number of fused-ring (bicyclic) bond motifs is 1. The van der Waals surface area contributed by atoms with Crippen LogP contribution in [-0.2, 0) is 4.79 Å². The van der Waals surface area contributed by atoms with Crippen molar-refractivity contribution in [1.29, 1.82) is 0 Å². The number of halogens is 1. The highest BCUT2D eigenvalue weighted by molar-refractivity contribution is 6.31. The Labute approximate surface area is 121 Å². The van der Waals surface area contributed by atoms with Crippen LogP contribution in [0.15, 0.2) is 48.5 Å². The second-order valence-electron chi connectivity index (χ2n) is 4.47. The summed E-state index contributed by atoms with van der Waals surface area (Å²) >= 11 is 5.98. The molecule has 100 valence electrons. The summed E-state index contributed by atoms with van der Waals surface area (Å²) in [6.07, 6.45) is 0. The number of nitrogens with zero attached hydrogens (tertiary/aromatic N) is 1. The Bertz CT molecular complexity index is 686. The maximum Gasteiger partial charge on any atom is 0.258 e. The molecule has 0 saturated heterocycles. The third kappa shape index (κ3) is 2.26. The van der Waals surface area contributed by atoms with Gasteiger partial charge >= 0.3 is 0 Å². The van der Waals surface area contributed by atoms with Crippen molar-refractivity contribution in [2.45, 2.75) is 0 Å². The number of rotatable bonds is 1. The van der Waals surface area contributed by atoms with E-state index in [1.165, 1.54) is 4.90 Å². The van der Waals surface area contributed by atoms with Crippen molar-refractivity contribution in [3.8, 4) is 0 Å². The average Bonchev–Trinajstić information content (AvgIpc) is 2.47. The van der Waals surface area contributed by atoms with Gasteiger partial charge in [-0.15, -0.1) is 0 Å². The normalized spacial score (nSPS) is 13.7. The van der Waals surface area contributed by atoms with Crippen LogP contribution in [0.3, 0.4) is 0 Å². The van der Waals surface area contributed by atoms with E-state index in [4.69, 9.17) is 11.6 Å². The molecule has 0 atom stereocenters. The van der Waals surface area contributed by atoms with Crippen molar-refractivity contribution in [2.24, 2.45) is 0 Å². The SMILES string of the molecule is O=C1CN(C(=O)c2ccccc2)c2cc(Cl)ccc2N1. The Hall–Kier alpha value is -2.33. The summed E-state index contributed by atoms with van der Waals surface area (Å²) in [6.45, 7) is -0.0128. The molecule has 1 aliphatic rings. The summed E-state index contributed by atoms with van der Waals surface area (Å²) < 4.78 is 0. The van der Waals surface area contributed by atoms with E-state index in [1.54, 1.807) is 42.5 Å². The number of carbonyl (C=O) groups excluding carboxylic acids is 2. The van der Waals surface area contributed by atoms with Crippen molar-refractivity contribution in [3.63, 3.8) is 0 Å². The predicted molar refractivity (Wildman–Crippen MR) is 78.2 cm³/mol. The topological polar surface area (TPSA) is 49.4 Å². The molecule has 0 bridgehead atoms. The largest absolute Gasteiger partial charge is 0.323 e. The van der Waals surface area contributed by atoms with Crippen molar-refractivity contribution in [2.75, 3.05) is 16.8 Å². The highest BCUT2D eigenvalue weighted by Crippen LogP contribution is 2.32. The predicted octanol–water partition coefficient (Wildman–Crippen LogP) is 2.94. The van der Waals surface area contributed by atoms with Gasteiger partial charge in [0.2, 0.25) is 5.91 Å². The summed E-state index contributed by atoms with van der Waals surface area (Å²) in [5, 5.41) is 3.25. The molecule has 2 aromatic carbocycles. The summed E-state index contributed by atoms with van der Waals surface area (Å²) in [7, 11) is 0. The van der Waals surface area contributed by atoms with Crippen LogP contribution in [0.25, 0.3) is 0 Å². The van der Waals surface area contributed by atoms with Gasteiger partial charge < -0.3 is 5.32 Å². The van der Waals surface area contributed by atoms with E-state index in [2.05, 4.69) is 5.32 Å². The molecule has 3 rings (SSSR count). The van der Waals surface area contributed by atoms with Crippen LogP contribution in [-0.4, -0.2) is 18.4 Å². The van der Waals surface area contributed by atoms with Crippen molar-refractivity contribution < 1.29 is 9.59 Å². The van der Waals surface area contributed by atoms with Gasteiger partial charge in [0, 0.05) is 10.6 Å². The Kier molecular flexibility index (Phi) is 3.16. The molecule has 0 unspecified atom stereocenters. The van der Waals surface area contributed by atoms with Gasteiger partial charge in [-0.25, -0.2) is 0 Å². The van der Waals surface area contributed by atoms with Crippen LogP contribution in [0.2, 0.25) is 5.02 Å². The van der Waals surface area contributed by atoms with Crippen molar-refractivity contribution >= 4 is 34.8 Å². The summed E-state index contributed by atoms with van der Waals surface area (Å²) in [6, 6.07) is 13.9. The fourth-order valence-electron chi connectivity index (χ4n) is 2.17. The first-order valence-electron chi connectivity index (χ1n) is 6.11. The number of carbonyl (C=O) groups is 2. The van der Waals surface area contributed by atoms with Gasteiger partial charge in [-0.1, -0.05) is 29.8 Å². The smallest absolute Gasteiger partial charge is 0.258 e. The van der Waals surface area contributed by atoms with E-state index >= 15 is 0 Å². The van der Waals surface area contributed by atoms with Gasteiger partial charge in [-0.3, -0.25) is 14.5 Å². The minimum absolute atomic E-state index is 0.0128. The molecule has 0 saturated carbocycles. The van der Waals surface area contributed by atoms with Crippen LogP contribution in [0.5, 0.6) is 0 Å². The second kappa shape index (κ2) is 4.98. The number of hydrogen-bond donors (Lipinski definition) is 1. The van der Waals surface area contributed by atoms with Gasteiger partial charge in [0.1, 0.15) is 6.54 Å². The molecule has 0 aromatic heterocycles. The fourth-order valence-corrected chi connectivity index (χ4v) is 2.34. The number of nitrogens with one attached hydrogen (secondary N) is 1. The van der Waals surface area contributed by atoms with Crippen molar-refractivity contribution in [3.05, 3.63) is 59.1 Å². The minimum Gasteiger partial charge on any atom is -0.323 e. The first-order chi connectivity index (χ1) is 9.65. The fraction of sp³-hybridized carbons (Fsp3) is 0.0667. The lowest BCUT2D eigenvalue weighted by Gasteiger charge is -2.29. The zero-order valence-electron chi connectivity index (χ0n) is 10.5. The maximum absolute atomic E-state index is 12.5. The van der Waals surface area contributed by atoms with Gasteiger partial charge in [-0.05, 0) is 30.3 Å². The highest BCUT2D eigenvalue weighted by Gasteiger charge is 2.27. The van der Waals surface area contributed by atoms with Gasteiger partial charge in [0.25, 0.3) is 5.91 Å². The summed E-state index contributed by atoms with van der Waals surface area (Å²) in [4.78, 5) is 25.7.